The van der Waals surface area contributed by atoms with Gasteiger partial charge in [0.05, 0.1) is 12.5 Å². The second-order valence-corrected chi connectivity index (χ2v) is 7.23. The summed E-state index contributed by atoms with van der Waals surface area (Å²) >= 11 is 0. The predicted octanol–water partition coefficient (Wildman–Crippen LogP) is -1.90. The predicted molar refractivity (Wildman–Crippen MR) is 64.4 cm³/mol. The first-order chi connectivity index (χ1) is 8.74. The minimum absolute atomic E-state index is 0.620. The first-order valence-corrected chi connectivity index (χ1v) is 7.11. The lowest BCUT2D eigenvalue weighted by atomic mass is 9.92. The normalized spacial score (nSPS) is 40.3. The van der Waals surface area contributed by atoms with E-state index in [-0.39, 0.29) is 0 Å². The molecule has 0 aromatic carbocycles. The largest absolute Gasteiger partial charge is 0.480 e. The summed E-state index contributed by atoms with van der Waals surface area (Å²) in [5, 5.41) is 17.0. The van der Waals surface area contributed by atoms with Crippen LogP contribution in [0.2, 0.25) is 0 Å². The number of amides is 1. The van der Waals surface area contributed by atoms with Crippen molar-refractivity contribution in [2.24, 2.45) is 10.9 Å². The van der Waals surface area contributed by atoms with Crippen LogP contribution in [-0.2, 0) is 19.4 Å². The number of carboxylic acid groups (broad SMARTS) is 1. The van der Waals surface area contributed by atoms with Crippen molar-refractivity contribution in [2.45, 2.75) is 23.1 Å². The van der Waals surface area contributed by atoms with Gasteiger partial charge in [0, 0.05) is 13.3 Å². The van der Waals surface area contributed by atoms with E-state index in [0.717, 1.165) is 11.1 Å². The molecule has 2 fully saturated rings. The van der Waals surface area contributed by atoms with Gasteiger partial charge >= 0.3 is 5.97 Å². The highest BCUT2D eigenvalue weighted by Crippen LogP contribution is 2.47. The molecule has 1 amide bonds. The van der Waals surface area contributed by atoms with Crippen molar-refractivity contribution >= 4 is 27.9 Å². The lowest BCUT2D eigenvalue weighted by molar-refractivity contribution is -0.164. The van der Waals surface area contributed by atoms with Crippen molar-refractivity contribution in [3.05, 3.63) is 0 Å². The molecule has 106 valence electrons. The highest BCUT2D eigenvalue weighted by Gasteiger charge is 2.73. The molecule has 0 saturated carbocycles. The fraction of sp³-hybridized carbons (Fsp3) is 0.700. The molecule has 2 N–H and O–H groups in total. The molecular formula is C10H14N2O6S. The van der Waals surface area contributed by atoms with Crippen LogP contribution in [0, 0.1) is 5.92 Å². The standard InChI is InChI=1S/C10H14N2O6S/c1-10(4-11-2)6(9(15)16)12-7(14)5(3-13)8(12)19(10,17)18/h4-6,8,13H,3H2,1-2H3,(H,15,16)/t5-,6?,8?,10+/m1/s1. The van der Waals surface area contributed by atoms with Gasteiger partial charge < -0.3 is 15.1 Å². The van der Waals surface area contributed by atoms with E-state index in [1.165, 1.54) is 14.0 Å². The average Bonchev–Trinajstić information content (AvgIpc) is 2.45. The van der Waals surface area contributed by atoms with Gasteiger partial charge in [0.25, 0.3) is 0 Å². The number of β-lactam (4-membered cyclic amide) rings is 1. The Balaban J connectivity index is 2.63. The smallest absolute Gasteiger partial charge is 0.328 e. The van der Waals surface area contributed by atoms with Gasteiger partial charge in [-0.25, -0.2) is 13.2 Å². The van der Waals surface area contributed by atoms with Crippen LogP contribution in [0.3, 0.4) is 0 Å². The summed E-state index contributed by atoms with van der Waals surface area (Å²) in [5.41, 5.74) is 0. The molecule has 0 aliphatic carbocycles. The minimum atomic E-state index is -3.96. The molecule has 19 heavy (non-hydrogen) atoms. The van der Waals surface area contributed by atoms with Gasteiger partial charge in [-0.3, -0.25) is 9.79 Å². The zero-order valence-corrected chi connectivity index (χ0v) is 11.2. The van der Waals surface area contributed by atoms with Gasteiger partial charge in [-0.15, -0.1) is 0 Å². The summed E-state index contributed by atoms with van der Waals surface area (Å²) < 4.78 is 23.1. The Hall–Kier alpha value is -1.48. The molecule has 2 saturated heterocycles. The lowest BCUT2D eigenvalue weighted by Gasteiger charge is -2.41. The van der Waals surface area contributed by atoms with E-state index in [9.17, 15) is 23.1 Å². The van der Waals surface area contributed by atoms with E-state index < -0.39 is 50.4 Å². The number of aliphatic carboxylic acids is 1. The summed E-state index contributed by atoms with van der Waals surface area (Å²) in [7, 11) is -2.63. The molecule has 2 aliphatic rings. The molecule has 0 bridgehead atoms. The van der Waals surface area contributed by atoms with Crippen molar-refractivity contribution in [2.75, 3.05) is 13.7 Å². The number of sulfone groups is 1. The van der Waals surface area contributed by atoms with Gasteiger partial charge in [0.2, 0.25) is 5.91 Å². The molecule has 2 rings (SSSR count). The Morgan fingerprint density at radius 2 is 2.16 bits per heavy atom. The molecule has 8 nitrogen and oxygen atoms in total. The van der Waals surface area contributed by atoms with Crippen molar-refractivity contribution in [1.29, 1.82) is 0 Å². The first-order valence-electron chi connectivity index (χ1n) is 5.56. The van der Waals surface area contributed by atoms with E-state index in [0.29, 0.717) is 0 Å². The van der Waals surface area contributed by atoms with Gasteiger partial charge in [-0.05, 0) is 6.92 Å². The maximum atomic E-state index is 12.4. The van der Waals surface area contributed by atoms with Crippen LogP contribution in [0.25, 0.3) is 0 Å². The number of aliphatic hydroxyl groups is 1. The third kappa shape index (κ3) is 1.42. The summed E-state index contributed by atoms with van der Waals surface area (Å²) in [6, 6.07) is -1.51. The topological polar surface area (TPSA) is 124 Å². The average molecular weight is 290 g/mol. The van der Waals surface area contributed by atoms with Crippen molar-refractivity contribution in [1.82, 2.24) is 4.90 Å². The van der Waals surface area contributed by atoms with Crippen LogP contribution < -0.4 is 0 Å². The molecule has 0 radical (unpaired) electrons. The summed E-state index contributed by atoms with van der Waals surface area (Å²) in [5.74, 6) is -3.14. The number of hydrogen-bond acceptors (Lipinski definition) is 6. The Labute approximate surface area is 109 Å². The third-order valence-electron chi connectivity index (χ3n) is 3.76. The zero-order chi connectivity index (χ0) is 14.6. The maximum Gasteiger partial charge on any atom is 0.328 e. The fourth-order valence-corrected chi connectivity index (χ4v) is 5.27. The third-order valence-corrected chi connectivity index (χ3v) is 6.50. The number of aliphatic imine (C=N–C) groups is 1. The Kier molecular flexibility index (Phi) is 2.94. The molecule has 2 unspecified atom stereocenters. The summed E-state index contributed by atoms with van der Waals surface area (Å²) in [6.45, 7) is 0.610. The highest BCUT2D eigenvalue weighted by atomic mass is 32.2. The van der Waals surface area contributed by atoms with E-state index >= 15 is 0 Å². The molecule has 2 heterocycles. The number of fused-ring (bicyclic) bond motifs is 1. The minimum Gasteiger partial charge on any atom is -0.480 e. The van der Waals surface area contributed by atoms with Crippen LogP contribution in [-0.4, -0.2) is 71.4 Å². The van der Waals surface area contributed by atoms with Crippen LogP contribution >= 0.6 is 0 Å². The van der Waals surface area contributed by atoms with Crippen LogP contribution in [0.4, 0.5) is 0 Å². The van der Waals surface area contributed by atoms with Crippen molar-refractivity contribution in [3.63, 3.8) is 0 Å². The molecule has 0 aromatic rings. The van der Waals surface area contributed by atoms with Gasteiger partial charge in [0.15, 0.2) is 15.9 Å². The highest BCUT2D eigenvalue weighted by molar-refractivity contribution is 7.94. The number of carbonyl (C=O) groups excluding carboxylic acids is 1. The van der Waals surface area contributed by atoms with Crippen LogP contribution in [0.5, 0.6) is 0 Å². The van der Waals surface area contributed by atoms with Crippen molar-refractivity contribution < 1.29 is 28.2 Å². The maximum absolute atomic E-state index is 12.4. The van der Waals surface area contributed by atoms with Gasteiger partial charge in [0.1, 0.15) is 10.1 Å². The quantitative estimate of drug-likeness (QED) is 0.462. The second kappa shape index (κ2) is 4.01. The van der Waals surface area contributed by atoms with E-state index in [1.807, 2.05) is 0 Å². The van der Waals surface area contributed by atoms with E-state index in [4.69, 9.17) is 5.11 Å². The summed E-state index contributed by atoms with van der Waals surface area (Å²) in [4.78, 5) is 27.5. The number of rotatable bonds is 3. The number of hydrogen-bond donors (Lipinski definition) is 2. The lowest BCUT2D eigenvalue weighted by Crippen LogP contribution is -2.64. The van der Waals surface area contributed by atoms with Crippen LogP contribution in [0.1, 0.15) is 6.92 Å². The Morgan fingerprint density at radius 1 is 1.58 bits per heavy atom. The number of carbonyl (C=O) groups is 2. The van der Waals surface area contributed by atoms with E-state index in [1.54, 1.807) is 0 Å². The molecule has 0 spiro atoms. The van der Waals surface area contributed by atoms with E-state index in [2.05, 4.69) is 4.99 Å². The second-order valence-electron chi connectivity index (χ2n) is 4.78. The molecular weight excluding hydrogens is 276 g/mol. The molecule has 4 atom stereocenters. The molecule has 2 aliphatic heterocycles. The Morgan fingerprint density at radius 3 is 2.58 bits per heavy atom. The van der Waals surface area contributed by atoms with Crippen LogP contribution in [0.15, 0.2) is 4.99 Å². The van der Waals surface area contributed by atoms with Crippen molar-refractivity contribution in [3.8, 4) is 0 Å². The number of carboxylic acids is 1. The first kappa shape index (κ1) is 13.9. The van der Waals surface area contributed by atoms with Gasteiger partial charge in [-0.2, -0.15) is 0 Å². The number of aliphatic hydroxyl groups excluding tert-OH is 1. The number of nitrogens with zero attached hydrogens (tertiary/aromatic N) is 2. The molecule has 9 heteroatoms. The summed E-state index contributed by atoms with van der Waals surface area (Å²) in [6.07, 6.45) is 1.04. The fourth-order valence-electron chi connectivity index (χ4n) is 2.82. The zero-order valence-electron chi connectivity index (χ0n) is 10.3. The Bertz CT molecular complexity index is 571. The monoisotopic (exact) mass is 290 g/mol. The van der Waals surface area contributed by atoms with Gasteiger partial charge in [-0.1, -0.05) is 0 Å². The molecule has 0 aromatic heterocycles. The SMILES string of the molecule is CN=C[C@@]1(C)C(C(=O)O)N2C(=O)[C@@H](CO)C2S1(=O)=O.